The molecule has 1 aliphatic heterocycles. The van der Waals surface area contributed by atoms with Crippen LogP contribution in [0.15, 0.2) is 24.3 Å². The van der Waals surface area contributed by atoms with Gasteiger partial charge in [0, 0.05) is 20.0 Å². The van der Waals surface area contributed by atoms with Gasteiger partial charge in [-0.05, 0) is 31.6 Å². The zero-order valence-electron chi connectivity index (χ0n) is 11.7. The second-order valence-electron chi connectivity index (χ2n) is 5.45. The van der Waals surface area contributed by atoms with Crippen LogP contribution in [-0.4, -0.2) is 42.8 Å². The van der Waals surface area contributed by atoms with Crippen molar-refractivity contribution in [3.8, 4) is 0 Å². The van der Waals surface area contributed by atoms with E-state index in [1.54, 1.807) is 7.05 Å². The molecule has 4 nitrogen and oxygen atoms in total. The Kier molecular flexibility index (Phi) is 4.00. The van der Waals surface area contributed by atoms with Crippen LogP contribution in [0.4, 0.5) is 0 Å². The third kappa shape index (κ3) is 3.20. The van der Waals surface area contributed by atoms with Gasteiger partial charge < -0.3 is 4.90 Å². The summed E-state index contributed by atoms with van der Waals surface area (Å²) in [6.07, 6.45) is 0.992. The third-order valence-electron chi connectivity index (χ3n) is 3.48. The van der Waals surface area contributed by atoms with Gasteiger partial charge in [-0.25, -0.2) is 0 Å². The van der Waals surface area contributed by atoms with E-state index in [9.17, 15) is 9.59 Å². The van der Waals surface area contributed by atoms with Gasteiger partial charge in [0.2, 0.25) is 11.8 Å². The highest BCUT2D eigenvalue weighted by Gasteiger charge is 2.35. The Morgan fingerprint density at radius 2 is 1.74 bits per heavy atom. The van der Waals surface area contributed by atoms with E-state index in [0.29, 0.717) is 12.8 Å². The second-order valence-corrected chi connectivity index (χ2v) is 5.45. The van der Waals surface area contributed by atoms with E-state index in [-0.39, 0.29) is 17.7 Å². The Hall–Kier alpha value is -1.68. The summed E-state index contributed by atoms with van der Waals surface area (Å²) in [7, 11) is 5.63. The van der Waals surface area contributed by atoms with Crippen molar-refractivity contribution >= 4 is 11.8 Å². The predicted molar refractivity (Wildman–Crippen MR) is 73.4 cm³/mol. The molecular weight excluding hydrogens is 240 g/mol. The van der Waals surface area contributed by atoms with E-state index in [0.717, 1.165) is 12.1 Å². The fourth-order valence-corrected chi connectivity index (χ4v) is 2.42. The summed E-state index contributed by atoms with van der Waals surface area (Å²) < 4.78 is 0. The maximum atomic E-state index is 11.8. The highest BCUT2D eigenvalue weighted by molar-refractivity contribution is 6.03. The van der Waals surface area contributed by atoms with E-state index in [1.165, 1.54) is 10.5 Å². The van der Waals surface area contributed by atoms with Crippen molar-refractivity contribution in [1.82, 2.24) is 9.80 Å². The van der Waals surface area contributed by atoms with Crippen LogP contribution in [0.5, 0.6) is 0 Å². The lowest BCUT2D eigenvalue weighted by Gasteiger charge is -2.11. The minimum atomic E-state index is -0.183. The van der Waals surface area contributed by atoms with Crippen molar-refractivity contribution in [1.29, 1.82) is 0 Å². The van der Waals surface area contributed by atoms with Gasteiger partial charge in [0.25, 0.3) is 0 Å². The van der Waals surface area contributed by atoms with Gasteiger partial charge >= 0.3 is 0 Å². The van der Waals surface area contributed by atoms with Crippen molar-refractivity contribution in [3.63, 3.8) is 0 Å². The number of likely N-dealkylation sites (tertiary alicyclic amines) is 1. The van der Waals surface area contributed by atoms with E-state index < -0.39 is 0 Å². The van der Waals surface area contributed by atoms with Gasteiger partial charge in [-0.3, -0.25) is 14.5 Å². The molecule has 4 heteroatoms. The summed E-state index contributed by atoms with van der Waals surface area (Å²) in [6, 6.07) is 8.27. The summed E-state index contributed by atoms with van der Waals surface area (Å²) in [5, 5.41) is 0. The molecular formula is C15H20N2O2. The van der Waals surface area contributed by atoms with Crippen LogP contribution < -0.4 is 0 Å². The van der Waals surface area contributed by atoms with Crippen LogP contribution in [0, 0.1) is 5.92 Å². The molecule has 0 saturated carbocycles. The first kappa shape index (κ1) is 13.7. The van der Waals surface area contributed by atoms with Crippen LogP contribution >= 0.6 is 0 Å². The lowest BCUT2D eigenvalue weighted by molar-refractivity contribution is -0.137. The second kappa shape index (κ2) is 5.53. The minimum Gasteiger partial charge on any atom is -0.305 e. The molecule has 2 amide bonds. The van der Waals surface area contributed by atoms with Gasteiger partial charge in [-0.15, -0.1) is 0 Å². The van der Waals surface area contributed by atoms with Crippen molar-refractivity contribution in [2.75, 3.05) is 21.1 Å². The van der Waals surface area contributed by atoms with Gasteiger partial charge in [-0.1, -0.05) is 24.3 Å². The van der Waals surface area contributed by atoms with Crippen LogP contribution in [-0.2, 0) is 22.6 Å². The molecule has 1 aliphatic rings. The summed E-state index contributed by atoms with van der Waals surface area (Å²) in [5.74, 6) is -0.307. The Bertz CT molecular complexity index is 479. The fourth-order valence-electron chi connectivity index (χ4n) is 2.42. The van der Waals surface area contributed by atoms with Crippen LogP contribution in [0.25, 0.3) is 0 Å². The number of benzene rings is 1. The van der Waals surface area contributed by atoms with E-state index in [2.05, 4.69) is 29.2 Å². The standard InChI is InChI=1S/C15H20N2O2/c1-16(2)10-12-6-4-11(5-7-12)8-13-9-14(18)17(3)15(13)19/h4-7,13H,8-10H2,1-3H3. The number of amides is 2. The number of nitrogens with zero attached hydrogens (tertiary/aromatic N) is 2. The summed E-state index contributed by atoms with van der Waals surface area (Å²) in [6.45, 7) is 0.907. The molecule has 1 fully saturated rings. The maximum Gasteiger partial charge on any atom is 0.232 e. The molecule has 0 N–H and O–H groups in total. The highest BCUT2D eigenvalue weighted by atomic mass is 16.2. The number of carbonyl (C=O) groups is 2. The average Bonchev–Trinajstić information content (AvgIpc) is 2.59. The lowest BCUT2D eigenvalue weighted by atomic mass is 9.97. The summed E-state index contributed by atoms with van der Waals surface area (Å²) in [5.41, 5.74) is 2.36. The smallest absolute Gasteiger partial charge is 0.232 e. The zero-order chi connectivity index (χ0) is 14.0. The number of hydrogen-bond donors (Lipinski definition) is 0. The van der Waals surface area contributed by atoms with Gasteiger partial charge in [0.1, 0.15) is 0 Å². The molecule has 1 saturated heterocycles. The Balaban J connectivity index is 2.00. The van der Waals surface area contributed by atoms with Crippen molar-refractivity contribution in [2.45, 2.75) is 19.4 Å². The average molecular weight is 260 g/mol. The molecule has 0 aliphatic carbocycles. The molecule has 1 unspecified atom stereocenters. The number of hydrogen-bond acceptors (Lipinski definition) is 3. The molecule has 1 aromatic rings. The number of imide groups is 1. The largest absolute Gasteiger partial charge is 0.305 e. The molecule has 1 atom stereocenters. The molecule has 102 valence electrons. The normalized spacial score (nSPS) is 19.6. The fraction of sp³-hybridized carbons (Fsp3) is 0.467. The Labute approximate surface area is 114 Å². The molecule has 0 bridgehead atoms. The van der Waals surface area contributed by atoms with Crippen molar-refractivity contribution < 1.29 is 9.59 Å². The van der Waals surface area contributed by atoms with Gasteiger partial charge in [0.05, 0.1) is 5.92 Å². The quantitative estimate of drug-likeness (QED) is 0.766. The monoisotopic (exact) mass is 260 g/mol. The van der Waals surface area contributed by atoms with Crippen molar-refractivity contribution in [3.05, 3.63) is 35.4 Å². The first-order valence-electron chi connectivity index (χ1n) is 6.50. The summed E-state index contributed by atoms with van der Waals surface area (Å²) in [4.78, 5) is 26.6. The predicted octanol–water partition coefficient (Wildman–Crippen LogP) is 1.30. The van der Waals surface area contributed by atoms with E-state index >= 15 is 0 Å². The van der Waals surface area contributed by atoms with Crippen LogP contribution in [0.3, 0.4) is 0 Å². The third-order valence-corrected chi connectivity index (χ3v) is 3.48. The number of carbonyl (C=O) groups excluding carboxylic acids is 2. The zero-order valence-corrected chi connectivity index (χ0v) is 11.7. The maximum absolute atomic E-state index is 11.8. The number of rotatable bonds is 4. The SMILES string of the molecule is CN(C)Cc1ccc(CC2CC(=O)N(C)C2=O)cc1. The molecule has 0 spiro atoms. The van der Waals surface area contributed by atoms with Crippen molar-refractivity contribution in [2.24, 2.45) is 5.92 Å². The highest BCUT2D eigenvalue weighted by Crippen LogP contribution is 2.22. The van der Waals surface area contributed by atoms with Crippen LogP contribution in [0.1, 0.15) is 17.5 Å². The molecule has 0 radical (unpaired) electrons. The molecule has 19 heavy (non-hydrogen) atoms. The Morgan fingerprint density at radius 3 is 2.21 bits per heavy atom. The molecule has 2 rings (SSSR count). The van der Waals surface area contributed by atoms with Gasteiger partial charge in [0.15, 0.2) is 0 Å². The van der Waals surface area contributed by atoms with E-state index in [4.69, 9.17) is 0 Å². The molecule has 0 aromatic heterocycles. The molecule has 1 heterocycles. The lowest BCUT2D eigenvalue weighted by Crippen LogP contribution is -2.26. The minimum absolute atomic E-state index is 0.0534. The topological polar surface area (TPSA) is 40.6 Å². The molecule has 1 aromatic carbocycles. The first-order chi connectivity index (χ1) is 8.97. The van der Waals surface area contributed by atoms with E-state index in [1.807, 2.05) is 14.1 Å². The first-order valence-corrected chi connectivity index (χ1v) is 6.50. The van der Waals surface area contributed by atoms with Crippen LogP contribution in [0.2, 0.25) is 0 Å². The Morgan fingerprint density at radius 1 is 1.16 bits per heavy atom. The summed E-state index contributed by atoms with van der Waals surface area (Å²) >= 11 is 0. The van der Waals surface area contributed by atoms with Gasteiger partial charge in [-0.2, -0.15) is 0 Å².